The summed E-state index contributed by atoms with van der Waals surface area (Å²) in [6, 6.07) is 5.09. The fourth-order valence-corrected chi connectivity index (χ4v) is 1.48. The Hall–Kier alpha value is -1.65. The first-order chi connectivity index (χ1) is 9.56. The molecule has 0 aliphatic heterocycles. The summed E-state index contributed by atoms with van der Waals surface area (Å²) in [6.07, 6.45) is 2.53. The van der Waals surface area contributed by atoms with E-state index < -0.39 is 5.97 Å². The monoisotopic (exact) mass is 316 g/mol. The summed E-state index contributed by atoms with van der Waals surface area (Å²) in [5.41, 5.74) is 1.92. The van der Waals surface area contributed by atoms with Gasteiger partial charge in [0, 0.05) is 11.6 Å². The van der Waals surface area contributed by atoms with E-state index in [9.17, 15) is 4.79 Å². The van der Waals surface area contributed by atoms with Crippen molar-refractivity contribution in [2.45, 2.75) is 6.92 Å². The highest BCUT2D eigenvalue weighted by Crippen LogP contribution is 2.29. The van der Waals surface area contributed by atoms with Crippen molar-refractivity contribution in [3.63, 3.8) is 0 Å². The average molecular weight is 317 g/mol. The third-order valence-corrected chi connectivity index (χ3v) is 2.76. The summed E-state index contributed by atoms with van der Waals surface area (Å²) >= 11 is 11.2. The summed E-state index contributed by atoms with van der Waals surface area (Å²) in [5.74, 6) is 0.0115. The Kier molecular flexibility index (Phi) is 6.98. The Morgan fingerprint density at radius 2 is 2.10 bits per heavy atom. The van der Waals surface area contributed by atoms with Crippen LogP contribution in [0.2, 0.25) is 0 Å². The van der Waals surface area contributed by atoms with Crippen molar-refractivity contribution in [2.24, 2.45) is 0 Å². The van der Waals surface area contributed by atoms with Gasteiger partial charge in [0.05, 0.1) is 11.6 Å². The zero-order valence-electron chi connectivity index (χ0n) is 10.8. The van der Waals surface area contributed by atoms with E-state index in [0.717, 1.165) is 6.08 Å². The van der Waals surface area contributed by atoms with Gasteiger partial charge in [-0.1, -0.05) is 29.3 Å². The molecule has 1 aromatic carbocycles. The molecule has 0 atom stereocenters. The first kappa shape index (κ1) is 16.4. The van der Waals surface area contributed by atoms with Crippen LogP contribution in [0.15, 0.2) is 34.8 Å². The highest BCUT2D eigenvalue weighted by molar-refractivity contribution is 6.36. The molecule has 0 heterocycles. The molecule has 1 aromatic rings. The maximum Gasteiger partial charge on any atom is 0.328 e. The molecule has 0 radical (unpaired) electrons. The zero-order valence-corrected chi connectivity index (χ0v) is 12.3. The normalized spacial score (nSPS) is 11.7. The van der Waals surface area contributed by atoms with Crippen LogP contribution >= 0.6 is 23.2 Å². The second kappa shape index (κ2) is 8.51. The topological polar surface area (TPSA) is 55.8 Å². The van der Waals surface area contributed by atoms with Crippen molar-refractivity contribution in [2.75, 3.05) is 13.2 Å². The summed E-state index contributed by atoms with van der Waals surface area (Å²) in [7, 11) is 0. The summed E-state index contributed by atoms with van der Waals surface area (Å²) in [5, 5.41) is 8.96. The SMILES string of the molecule is CCOc1cc(C=CC(=O)O)ccc1OCC(Cl)=CCl. The maximum absolute atomic E-state index is 10.5. The van der Waals surface area contributed by atoms with Crippen LogP contribution in [0.4, 0.5) is 0 Å². The van der Waals surface area contributed by atoms with E-state index in [1.54, 1.807) is 18.2 Å². The number of carbonyl (C=O) groups is 1. The minimum atomic E-state index is -1.01. The fourth-order valence-electron chi connectivity index (χ4n) is 1.36. The van der Waals surface area contributed by atoms with E-state index in [1.807, 2.05) is 6.92 Å². The van der Waals surface area contributed by atoms with E-state index in [0.29, 0.717) is 28.7 Å². The minimum Gasteiger partial charge on any atom is -0.490 e. The average Bonchev–Trinajstić information content (AvgIpc) is 2.44. The third-order valence-electron chi connectivity index (χ3n) is 2.17. The van der Waals surface area contributed by atoms with Crippen LogP contribution in [0.1, 0.15) is 12.5 Å². The van der Waals surface area contributed by atoms with Gasteiger partial charge in [0.2, 0.25) is 0 Å². The third kappa shape index (κ3) is 5.55. The van der Waals surface area contributed by atoms with Crippen molar-refractivity contribution < 1.29 is 19.4 Å². The fraction of sp³-hybridized carbons (Fsp3) is 0.214. The molecule has 0 unspecified atom stereocenters. The van der Waals surface area contributed by atoms with Crippen molar-refractivity contribution in [3.05, 3.63) is 40.4 Å². The van der Waals surface area contributed by atoms with E-state index in [4.69, 9.17) is 37.8 Å². The predicted molar refractivity (Wildman–Crippen MR) is 79.6 cm³/mol. The molecule has 0 aliphatic carbocycles. The molecule has 0 saturated carbocycles. The van der Waals surface area contributed by atoms with Gasteiger partial charge < -0.3 is 14.6 Å². The standard InChI is InChI=1S/C14H14Cl2O4/c1-2-19-13-7-10(4-6-14(17)18)3-5-12(13)20-9-11(16)8-15/h3-8H,2,9H2,1H3,(H,17,18). The van der Waals surface area contributed by atoms with E-state index in [1.165, 1.54) is 11.6 Å². The van der Waals surface area contributed by atoms with Gasteiger partial charge in [-0.3, -0.25) is 0 Å². The van der Waals surface area contributed by atoms with Gasteiger partial charge in [-0.2, -0.15) is 0 Å². The Morgan fingerprint density at radius 3 is 2.70 bits per heavy atom. The van der Waals surface area contributed by atoms with Crippen molar-refractivity contribution in [3.8, 4) is 11.5 Å². The van der Waals surface area contributed by atoms with Crippen LogP contribution in [0, 0.1) is 0 Å². The zero-order chi connectivity index (χ0) is 15.0. The van der Waals surface area contributed by atoms with E-state index >= 15 is 0 Å². The van der Waals surface area contributed by atoms with Gasteiger partial charge in [0.15, 0.2) is 11.5 Å². The highest BCUT2D eigenvalue weighted by atomic mass is 35.5. The van der Waals surface area contributed by atoms with Crippen LogP contribution in [-0.4, -0.2) is 24.3 Å². The lowest BCUT2D eigenvalue weighted by Crippen LogP contribution is -2.01. The molecule has 20 heavy (non-hydrogen) atoms. The molecule has 0 spiro atoms. The number of halogens is 2. The first-order valence-electron chi connectivity index (χ1n) is 5.82. The van der Waals surface area contributed by atoms with Gasteiger partial charge >= 0.3 is 5.97 Å². The second-order valence-corrected chi connectivity index (χ2v) is 4.36. The van der Waals surface area contributed by atoms with Crippen molar-refractivity contribution in [1.29, 1.82) is 0 Å². The summed E-state index contributed by atoms with van der Waals surface area (Å²) < 4.78 is 10.9. The molecule has 0 bridgehead atoms. The lowest BCUT2D eigenvalue weighted by Gasteiger charge is -2.12. The molecule has 6 heteroatoms. The second-order valence-electron chi connectivity index (χ2n) is 3.66. The Balaban J connectivity index is 2.92. The number of hydrogen-bond acceptors (Lipinski definition) is 3. The molecule has 108 valence electrons. The van der Waals surface area contributed by atoms with Crippen molar-refractivity contribution >= 4 is 35.2 Å². The first-order valence-corrected chi connectivity index (χ1v) is 6.63. The number of aliphatic carboxylic acids is 1. The molecule has 0 amide bonds. The number of carboxylic acid groups (broad SMARTS) is 1. The Bertz CT molecular complexity index is 524. The lowest BCUT2D eigenvalue weighted by molar-refractivity contribution is -0.131. The van der Waals surface area contributed by atoms with Crippen LogP contribution in [0.25, 0.3) is 6.08 Å². The van der Waals surface area contributed by atoms with Crippen LogP contribution < -0.4 is 9.47 Å². The number of hydrogen-bond donors (Lipinski definition) is 1. The van der Waals surface area contributed by atoms with Gasteiger partial charge in [0.25, 0.3) is 0 Å². The molecule has 0 saturated heterocycles. The molecule has 1 N–H and O–H groups in total. The highest BCUT2D eigenvalue weighted by Gasteiger charge is 2.06. The van der Waals surface area contributed by atoms with Gasteiger partial charge in [-0.15, -0.1) is 0 Å². The Morgan fingerprint density at radius 1 is 1.35 bits per heavy atom. The molecular formula is C14H14Cl2O4. The number of benzene rings is 1. The molecule has 0 aliphatic rings. The number of rotatable bonds is 7. The van der Waals surface area contributed by atoms with Gasteiger partial charge in [-0.05, 0) is 30.7 Å². The van der Waals surface area contributed by atoms with Gasteiger partial charge in [-0.25, -0.2) is 4.79 Å². The smallest absolute Gasteiger partial charge is 0.328 e. The predicted octanol–water partition coefficient (Wildman–Crippen LogP) is 3.88. The van der Waals surface area contributed by atoms with Crippen LogP contribution in [-0.2, 0) is 4.79 Å². The lowest BCUT2D eigenvalue weighted by atomic mass is 10.2. The Labute approximate surface area is 127 Å². The molecular weight excluding hydrogens is 303 g/mol. The summed E-state index contributed by atoms with van der Waals surface area (Å²) in [4.78, 5) is 10.5. The van der Waals surface area contributed by atoms with Crippen LogP contribution in [0.5, 0.6) is 11.5 Å². The minimum absolute atomic E-state index is 0.134. The summed E-state index contributed by atoms with van der Waals surface area (Å²) in [6.45, 7) is 2.44. The van der Waals surface area contributed by atoms with Crippen molar-refractivity contribution in [1.82, 2.24) is 0 Å². The quantitative estimate of drug-likeness (QED) is 0.775. The van der Waals surface area contributed by atoms with E-state index in [2.05, 4.69) is 0 Å². The van der Waals surface area contributed by atoms with Crippen LogP contribution in [0.3, 0.4) is 0 Å². The number of ether oxygens (including phenoxy) is 2. The van der Waals surface area contributed by atoms with E-state index in [-0.39, 0.29) is 6.61 Å². The molecule has 0 aromatic heterocycles. The molecule has 0 fully saturated rings. The molecule has 4 nitrogen and oxygen atoms in total. The van der Waals surface area contributed by atoms with Gasteiger partial charge in [0.1, 0.15) is 6.61 Å². The largest absolute Gasteiger partial charge is 0.490 e. The molecule has 1 rings (SSSR count). The number of carboxylic acids is 1. The maximum atomic E-state index is 10.5.